The zero-order valence-corrected chi connectivity index (χ0v) is 7.90. The third kappa shape index (κ3) is 1.31. The standard InChI is InChI=1S/C10H10ClNO/c11-7-4-5-8(12)6-2-1-3-9(13)10(6)7/h4-5H,1-3,12H2. The predicted octanol–water partition coefficient (Wildman–Crippen LogP) is 2.44. The number of halogens is 1. The molecule has 0 aliphatic heterocycles. The molecular weight excluding hydrogens is 186 g/mol. The second-order valence-electron chi connectivity index (χ2n) is 3.27. The average Bonchev–Trinajstić information content (AvgIpc) is 2.12. The van der Waals surface area contributed by atoms with E-state index in [1.54, 1.807) is 12.1 Å². The van der Waals surface area contributed by atoms with Gasteiger partial charge in [0, 0.05) is 17.7 Å². The maximum absolute atomic E-state index is 11.5. The molecule has 2 nitrogen and oxygen atoms in total. The van der Waals surface area contributed by atoms with E-state index in [-0.39, 0.29) is 5.78 Å². The van der Waals surface area contributed by atoms with Gasteiger partial charge in [0.05, 0.1) is 5.02 Å². The summed E-state index contributed by atoms with van der Waals surface area (Å²) in [7, 11) is 0. The van der Waals surface area contributed by atoms with Gasteiger partial charge in [-0.2, -0.15) is 0 Å². The summed E-state index contributed by atoms with van der Waals surface area (Å²) in [6.07, 6.45) is 2.35. The Hall–Kier alpha value is -1.02. The van der Waals surface area contributed by atoms with Crippen LogP contribution in [0.3, 0.4) is 0 Å². The maximum atomic E-state index is 11.5. The quantitative estimate of drug-likeness (QED) is 0.647. The van der Waals surface area contributed by atoms with E-state index >= 15 is 0 Å². The molecule has 3 heteroatoms. The monoisotopic (exact) mass is 195 g/mol. The zero-order chi connectivity index (χ0) is 9.42. The Bertz CT molecular complexity index is 373. The number of hydrogen-bond acceptors (Lipinski definition) is 2. The molecule has 0 heterocycles. The predicted molar refractivity (Wildman–Crippen MR) is 53.1 cm³/mol. The summed E-state index contributed by atoms with van der Waals surface area (Å²) in [6, 6.07) is 3.46. The topological polar surface area (TPSA) is 43.1 Å². The van der Waals surface area contributed by atoms with Gasteiger partial charge in [0.2, 0.25) is 0 Å². The number of carbonyl (C=O) groups is 1. The zero-order valence-electron chi connectivity index (χ0n) is 7.14. The van der Waals surface area contributed by atoms with Crippen LogP contribution in [0.5, 0.6) is 0 Å². The van der Waals surface area contributed by atoms with Gasteiger partial charge < -0.3 is 5.73 Å². The number of rotatable bonds is 0. The van der Waals surface area contributed by atoms with Crippen molar-refractivity contribution < 1.29 is 4.79 Å². The van der Waals surface area contributed by atoms with Crippen LogP contribution in [0.25, 0.3) is 0 Å². The minimum Gasteiger partial charge on any atom is -0.398 e. The summed E-state index contributed by atoms with van der Waals surface area (Å²) >= 11 is 5.93. The minimum absolute atomic E-state index is 0.124. The highest BCUT2D eigenvalue weighted by molar-refractivity contribution is 6.34. The van der Waals surface area contributed by atoms with Gasteiger partial charge in [-0.3, -0.25) is 4.79 Å². The fraction of sp³-hybridized carbons (Fsp3) is 0.300. The summed E-state index contributed by atoms with van der Waals surface area (Å²) in [4.78, 5) is 11.5. The van der Waals surface area contributed by atoms with E-state index in [0.717, 1.165) is 18.4 Å². The number of ketones is 1. The first kappa shape index (κ1) is 8.57. The molecule has 2 N–H and O–H groups in total. The Kier molecular flexibility index (Phi) is 2.00. The van der Waals surface area contributed by atoms with Crippen molar-refractivity contribution >= 4 is 23.1 Å². The van der Waals surface area contributed by atoms with Crippen LogP contribution in [0.2, 0.25) is 5.02 Å². The number of anilines is 1. The molecule has 0 bridgehead atoms. The number of nitrogen functional groups attached to an aromatic ring is 1. The van der Waals surface area contributed by atoms with Crippen molar-refractivity contribution in [1.82, 2.24) is 0 Å². The van der Waals surface area contributed by atoms with Crippen LogP contribution in [0.1, 0.15) is 28.8 Å². The Labute approximate surface area is 81.7 Å². The van der Waals surface area contributed by atoms with Gasteiger partial charge in [0.25, 0.3) is 0 Å². The molecule has 1 aromatic carbocycles. The molecular formula is C10H10ClNO. The SMILES string of the molecule is Nc1ccc(Cl)c2c1CCCC2=O. The van der Waals surface area contributed by atoms with Crippen LogP contribution in [0.4, 0.5) is 5.69 Å². The number of Topliss-reactive ketones (excluding diaryl/α,β-unsaturated/α-hetero) is 1. The van der Waals surface area contributed by atoms with E-state index in [1.807, 2.05) is 0 Å². The molecule has 1 aromatic rings. The highest BCUT2D eigenvalue weighted by Crippen LogP contribution is 2.31. The molecule has 0 saturated heterocycles. The highest BCUT2D eigenvalue weighted by Gasteiger charge is 2.21. The lowest BCUT2D eigenvalue weighted by Gasteiger charge is -2.17. The summed E-state index contributed by atoms with van der Waals surface area (Å²) < 4.78 is 0. The van der Waals surface area contributed by atoms with Crippen molar-refractivity contribution in [2.24, 2.45) is 0 Å². The first-order chi connectivity index (χ1) is 6.20. The van der Waals surface area contributed by atoms with Gasteiger partial charge in [-0.1, -0.05) is 11.6 Å². The van der Waals surface area contributed by atoms with Gasteiger partial charge >= 0.3 is 0 Å². The first-order valence-electron chi connectivity index (χ1n) is 4.30. The summed E-state index contributed by atoms with van der Waals surface area (Å²) in [5.41, 5.74) is 8.03. The van der Waals surface area contributed by atoms with Crippen molar-refractivity contribution in [3.63, 3.8) is 0 Å². The van der Waals surface area contributed by atoms with Gasteiger partial charge in [0.1, 0.15) is 0 Å². The first-order valence-corrected chi connectivity index (χ1v) is 4.68. The number of nitrogens with two attached hydrogens (primary N) is 1. The van der Waals surface area contributed by atoms with Crippen LogP contribution in [0.15, 0.2) is 12.1 Å². The number of carbonyl (C=O) groups excluding carboxylic acids is 1. The molecule has 0 atom stereocenters. The fourth-order valence-corrected chi connectivity index (χ4v) is 2.04. The highest BCUT2D eigenvalue weighted by atomic mass is 35.5. The molecule has 0 fully saturated rings. The molecule has 2 rings (SSSR count). The molecule has 0 saturated carbocycles. The molecule has 0 unspecified atom stereocenters. The van der Waals surface area contributed by atoms with Crippen LogP contribution in [-0.4, -0.2) is 5.78 Å². The molecule has 0 radical (unpaired) electrons. The van der Waals surface area contributed by atoms with Gasteiger partial charge in [-0.05, 0) is 30.5 Å². The van der Waals surface area contributed by atoms with Crippen LogP contribution < -0.4 is 5.73 Å². The lowest BCUT2D eigenvalue weighted by Crippen LogP contribution is -2.13. The van der Waals surface area contributed by atoms with E-state index in [9.17, 15) is 4.79 Å². The largest absolute Gasteiger partial charge is 0.398 e. The molecule has 68 valence electrons. The lowest BCUT2D eigenvalue weighted by molar-refractivity contribution is 0.0973. The number of benzene rings is 1. The molecule has 1 aliphatic carbocycles. The Morgan fingerprint density at radius 1 is 1.31 bits per heavy atom. The summed E-state index contributed by atoms with van der Waals surface area (Å²) in [5.74, 6) is 0.124. The van der Waals surface area contributed by atoms with E-state index in [1.165, 1.54) is 0 Å². The molecule has 0 amide bonds. The molecule has 13 heavy (non-hydrogen) atoms. The minimum atomic E-state index is 0.124. The van der Waals surface area contributed by atoms with Crippen molar-refractivity contribution in [2.75, 3.05) is 5.73 Å². The smallest absolute Gasteiger partial charge is 0.164 e. The Morgan fingerprint density at radius 3 is 2.77 bits per heavy atom. The van der Waals surface area contributed by atoms with Crippen LogP contribution in [0, 0.1) is 0 Å². The second kappa shape index (κ2) is 3.04. The van der Waals surface area contributed by atoms with Gasteiger partial charge in [0.15, 0.2) is 5.78 Å². The van der Waals surface area contributed by atoms with Gasteiger partial charge in [-0.25, -0.2) is 0 Å². The van der Waals surface area contributed by atoms with Crippen molar-refractivity contribution in [2.45, 2.75) is 19.3 Å². The molecule has 1 aliphatic rings. The van der Waals surface area contributed by atoms with Crippen molar-refractivity contribution in [1.29, 1.82) is 0 Å². The third-order valence-electron chi connectivity index (χ3n) is 2.41. The van der Waals surface area contributed by atoms with Crippen molar-refractivity contribution in [3.05, 3.63) is 28.3 Å². The average molecular weight is 196 g/mol. The van der Waals surface area contributed by atoms with Gasteiger partial charge in [-0.15, -0.1) is 0 Å². The van der Waals surface area contributed by atoms with E-state index < -0.39 is 0 Å². The molecule has 0 aromatic heterocycles. The summed E-state index contributed by atoms with van der Waals surface area (Å²) in [5, 5.41) is 0.536. The fourth-order valence-electron chi connectivity index (χ4n) is 1.76. The van der Waals surface area contributed by atoms with E-state index in [0.29, 0.717) is 22.7 Å². The lowest BCUT2D eigenvalue weighted by atomic mass is 9.89. The third-order valence-corrected chi connectivity index (χ3v) is 2.72. The van der Waals surface area contributed by atoms with Crippen LogP contribution in [-0.2, 0) is 6.42 Å². The van der Waals surface area contributed by atoms with Crippen LogP contribution >= 0.6 is 11.6 Å². The van der Waals surface area contributed by atoms with E-state index in [2.05, 4.69) is 0 Å². The number of fused-ring (bicyclic) bond motifs is 1. The van der Waals surface area contributed by atoms with Crippen molar-refractivity contribution in [3.8, 4) is 0 Å². The second-order valence-corrected chi connectivity index (χ2v) is 3.67. The molecule has 0 spiro atoms. The Morgan fingerprint density at radius 2 is 2.08 bits per heavy atom. The maximum Gasteiger partial charge on any atom is 0.164 e. The normalized spacial score (nSPS) is 15.6. The number of hydrogen-bond donors (Lipinski definition) is 1. The van der Waals surface area contributed by atoms with E-state index in [4.69, 9.17) is 17.3 Å². The summed E-state index contributed by atoms with van der Waals surface area (Å²) in [6.45, 7) is 0. The Balaban J connectivity index is 2.67.